The number of carboxylic acids is 1. The van der Waals surface area contributed by atoms with Gasteiger partial charge >= 0.3 is 5.97 Å². The second kappa shape index (κ2) is 7.99. The van der Waals surface area contributed by atoms with Gasteiger partial charge in [-0.3, -0.25) is 9.80 Å². The Morgan fingerprint density at radius 3 is 2.66 bits per heavy atom. The summed E-state index contributed by atoms with van der Waals surface area (Å²) in [4.78, 5) is 16.8. The molecule has 0 amide bonds. The van der Waals surface area contributed by atoms with Crippen LogP contribution in [0.25, 0.3) is 0 Å². The van der Waals surface area contributed by atoms with Crippen LogP contribution in [0.2, 0.25) is 0 Å². The molecule has 0 radical (unpaired) electrons. The van der Waals surface area contributed by atoms with E-state index in [2.05, 4.69) is 9.80 Å². The molecule has 5 rings (SSSR count). The van der Waals surface area contributed by atoms with Gasteiger partial charge in [0.05, 0.1) is 24.4 Å². The highest BCUT2D eigenvalue weighted by atomic mass is 16.5. The topological polar surface area (TPSA) is 62.2 Å². The third kappa shape index (κ3) is 3.96. The number of hydrogen-bond acceptors (Lipinski definition) is 5. The van der Waals surface area contributed by atoms with Gasteiger partial charge in [-0.2, -0.15) is 0 Å². The molecule has 1 aromatic rings. The zero-order valence-electron chi connectivity index (χ0n) is 17.1. The summed E-state index contributed by atoms with van der Waals surface area (Å²) in [6.07, 6.45) is 5.71. The summed E-state index contributed by atoms with van der Waals surface area (Å²) in [5.74, 6) is -0.155. The molecule has 1 N–H and O–H groups in total. The Balaban J connectivity index is 1.27. The first-order chi connectivity index (χ1) is 14.1. The molecule has 6 nitrogen and oxygen atoms in total. The molecule has 4 heterocycles. The molecule has 4 aliphatic rings. The molecule has 2 bridgehead atoms. The number of fused-ring (bicyclic) bond motifs is 2. The third-order valence-corrected chi connectivity index (χ3v) is 7.46. The lowest BCUT2D eigenvalue weighted by Gasteiger charge is -2.51. The van der Waals surface area contributed by atoms with Gasteiger partial charge in [0.1, 0.15) is 0 Å². The Morgan fingerprint density at radius 1 is 1.14 bits per heavy atom. The van der Waals surface area contributed by atoms with Gasteiger partial charge in [0.2, 0.25) is 0 Å². The Morgan fingerprint density at radius 2 is 1.93 bits per heavy atom. The lowest BCUT2D eigenvalue weighted by Crippen LogP contribution is -2.60. The summed E-state index contributed by atoms with van der Waals surface area (Å²) >= 11 is 0. The van der Waals surface area contributed by atoms with Crippen molar-refractivity contribution in [2.75, 3.05) is 39.5 Å². The quantitative estimate of drug-likeness (QED) is 0.820. The summed E-state index contributed by atoms with van der Waals surface area (Å²) in [7, 11) is 0. The molecule has 4 saturated heterocycles. The van der Waals surface area contributed by atoms with E-state index in [-0.39, 0.29) is 5.60 Å². The van der Waals surface area contributed by atoms with Gasteiger partial charge in [-0.05, 0) is 49.7 Å². The molecular formula is C23H32N2O4. The second-order valence-corrected chi connectivity index (χ2v) is 9.42. The minimum atomic E-state index is -0.830. The molecule has 4 fully saturated rings. The Labute approximate surface area is 172 Å². The first kappa shape index (κ1) is 19.5. The largest absolute Gasteiger partial charge is 0.478 e. The predicted molar refractivity (Wildman–Crippen MR) is 109 cm³/mol. The minimum absolute atomic E-state index is 0.0215. The van der Waals surface area contributed by atoms with E-state index in [4.69, 9.17) is 9.47 Å². The van der Waals surface area contributed by atoms with Gasteiger partial charge in [-0.15, -0.1) is 0 Å². The van der Waals surface area contributed by atoms with Crippen molar-refractivity contribution in [2.45, 2.75) is 56.3 Å². The van der Waals surface area contributed by atoms with Crippen LogP contribution in [0.5, 0.6) is 0 Å². The van der Waals surface area contributed by atoms with Crippen LogP contribution in [-0.2, 0) is 16.0 Å². The maximum Gasteiger partial charge on any atom is 0.336 e. The molecule has 0 aromatic heterocycles. The van der Waals surface area contributed by atoms with Crippen molar-refractivity contribution < 1.29 is 19.4 Å². The lowest BCUT2D eigenvalue weighted by atomic mass is 9.83. The summed E-state index contributed by atoms with van der Waals surface area (Å²) < 4.78 is 12.0. The van der Waals surface area contributed by atoms with E-state index >= 15 is 0 Å². The second-order valence-electron chi connectivity index (χ2n) is 9.42. The molecule has 29 heavy (non-hydrogen) atoms. The zero-order valence-corrected chi connectivity index (χ0v) is 17.1. The Bertz CT molecular complexity index is 734. The number of ether oxygens (including phenoxy) is 2. The molecule has 1 aromatic carbocycles. The normalized spacial score (nSPS) is 35.4. The van der Waals surface area contributed by atoms with Gasteiger partial charge in [0.25, 0.3) is 0 Å². The summed E-state index contributed by atoms with van der Waals surface area (Å²) in [6.45, 7) is 6.59. The van der Waals surface area contributed by atoms with Crippen LogP contribution in [-0.4, -0.2) is 78.0 Å². The smallest absolute Gasteiger partial charge is 0.336 e. The van der Waals surface area contributed by atoms with Crippen molar-refractivity contribution in [2.24, 2.45) is 5.92 Å². The molecule has 4 atom stereocenters. The van der Waals surface area contributed by atoms with E-state index in [1.54, 1.807) is 6.07 Å². The number of carboxylic acid groups (broad SMARTS) is 1. The maximum absolute atomic E-state index is 11.6. The van der Waals surface area contributed by atoms with Crippen molar-refractivity contribution in [1.82, 2.24) is 9.80 Å². The zero-order chi connectivity index (χ0) is 19.8. The number of benzene rings is 1. The highest BCUT2D eigenvalue weighted by Crippen LogP contribution is 2.45. The highest BCUT2D eigenvalue weighted by molar-refractivity contribution is 5.89. The van der Waals surface area contributed by atoms with Crippen LogP contribution in [0.1, 0.15) is 48.0 Å². The molecule has 6 heteroatoms. The third-order valence-electron chi connectivity index (χ3n) is 7.46. The van der Waals surface area contributed by atoms with E-state index in [1.807, 2.05) is 18.2 Å². The first-order valence-electron chi connectivity index (χ1n) is 11.1. The van der Waals surface area contributed by atoms with Gasteiger partial charge in [-0.1, -0.05) is 18.2 Å². The van der Waals surface area contributed by atoms with Crippen LogP contribution in [0, 0.1) is 5.92 Å². The standard InChI is InChI=1S/C23H32N2O4/c26-22(27)21-4-2-1-3-18(21)14-25-19-5-6-20(25)12-23(11-19)16-24(8-10-29-23)13-17-7-9-28-15-17/h1-4,17,19-20H,5-16H2,(H,26,27)/t17?,19-,20+,23?. The minimum Gasteiger partial charge on any atom is -0.478 e. The fourth-order valence-corrected chi connectivity index (χ4v) is 6.14. The van der Waals surface area contributed by atoms with E-state index in [9.17, 15) is 9.90 Å². The molecule has 2 unspecified atom stereocenters. The number of rotatable bonds is 5. The summed E-state index contributed by atoms with van der Waals surface area (Å²) in [5.41, 5.74) is 1.35. The first-order valence-corrected chi connectivity index (χ1v) is 11.1. The van der Waals surface area contributed by atoms with Gasteiger partial charge < -0.3 is 14.6 Å². The SMILES string of the molecule is O=C(O)c1ccccc1CN1[C@@H]2CC[C@H]1CC1(C2)CN(CC2CCOC2)CCO1. The van der Waals surface area contributed by atoms with Crippen LogP contribution in [0.15, 0.2) is 24.3 Å². The number of carbonyl (C=O) groups is 1. The van der Waals surface area contributed by atoms with Crippen molar-refractivity contribution in [3.05, 3.63) is 35.4 Å². The summed E-state index contributed by atoms with van der Waals surface area (Å²) in [5, 5.41) is 9.53. The van der Waals surface area contributed by atoms with Crippen LogP contribution >= 0.6 is 0 Å². The molecule has 4 aliphatic heterocycles. The van der Waals surface area contributed by atoms with Crippen LogP contribution in [0.4, 0.5) is 0 Å². The Kier molecular flexibility index (Phi) is 5.37. The van der Waals surface area contributed by atoms with E-state index in [0.717, 1.165) is 64.4 Å². The Hall–Kier alpha value is -1.47. The van der Waals surface area contributed by atoms with Crippen molar-refractivity contribution in [3.8, 4) is 0 Å². The van der Waals surface area contributed by atoms with E-state index in [0.29, 0.717) is 23.6 Å². The van der Waals surface area contributed by atoms with Gasteiger partial charge in [0, 0.05) is 44.9 Å². The van der Waals surface area contributed by atoms with E-state index < -0.39 is 5.97 Å². The number of nitrogens with zero attached hydrogens (tertiary/aromatic N) is 2. The molecule has 158 valence electrons. The highest BCUT2D eigenvalue weighted by Gasteiger charge is 2.50. The van der Waals surface area contributed by atoms with Crippen LogP contribution < -0.4 is 0 Å². The number of hydrogen-bond donors (Lipinski definition) is 1. The fourth-order valence-electron chi connectivity index (χ4n) is 6.14. The van der Waals surface area contributed by atoms with Gasteiger partial charge in [0.15, 0.2) is 0 Å². The van der Waals surface area contributed by atoms with Gasteiger partial charge in [-0.25, -0.2) is 4.79 Å². The predicted octanol–water partition coefficient (Wildman–Crippen LogP) is 2.62. The lowest BCUT2D eigenvalue weighted by molar-refractivity contribution is -0.152. The average molecular weight is 401 g/mol. The fraction of sp³-hybridized carbons (Fsp3) is 0.696. The van der Waals surface area contributed by atoms with Crippen molar-refractivity contribution >= 4 is 5.97 Å². The van der Waals surface area contributed by atoms with E-state index in [1.165, 1.54) is 19.3 Å². The summed E-state index contributed by atoms with van der Waals surface area (Å²) in [6, 6.07) is 8.43. The van der Waals surface area contributed by atoms with Crippen LogP contribution in [0.3, 0.4) is 0 Å². The average Bonchev–Trinajstić information content (AvgIpc) is 3.29. The molecule has 0 aliphatic carbocycles. The number of piperidine rings is 1. The molecule has 0 saturated carbocycles. The van der Waals surface area contributed by atoms with Crippen molar-refractivity contribution in [3.63, 3.8) is 0 Å². The maximum atomic E-state index is 11.6. The number of aromatic carboxylic acids is 1. The number of morpholine rings is 1. The monoisotopic (exact) mass is 400 g/mol. The van der Waals surface area contributed by atoms with Crippen molar-refractivity contribution in [1.29, 1.82) is 0 Å². The molecule has 1 spiro atoms. The molecular weight excluding hydrogens is 368 g/mol.